The zero-order valence-corrected chi connectivity index (χ0v) is 14.1. The maximum absolute atomic E-state index is 6.97. The summed E-state index contributed by atoms with van der Waals surface area (Å²) in [4.78, 5) is 3.39. The third kappa shape index (κ3) is 3.60. The number of ether oxygens (including phenoxy) is 2. The van der Waals surface area contributed by atoms with Gasteiger partial charge in [-0.1, -0.05) is 43.7 Å². The fourth-order valence-corrected chi connectivity index (χ4v) is 2.85. The average Bonchev–Trinajstić information content (AvgIpc) is 2.60. The van der Waals surface area contributed by atoms with Crippen molar-refractivity contribution in [3.8, 4) is 11.5 Å². The first-order valence-corrected chi connectivity index (χ1v) is 8.23. The lowest BCUT2D eigenvalue weighted by molar-refractivity contribution is 0.126. The number of fused-ring (bicyclic) bond motifs is 1. The van der Waals surface area contributed by atoms with E-state index in [-0.39, 0.29) is 5.60 Å². The van der Waals surface area contributed by atoms with Gasteiger partial charge in [0.05, 0.1) is 6.57 Å². The van der Waals surface area contributed by atoms with Crippen LogP contribution in [0.15, 0.2) is 48.5 Å². The van der Waals surface area contributed by atoms with E-state index >= 15 is 0 Å². The van der Waals surface area contributed by atoms with Gasteiger partial charge in [0.15, 0.2) is 5.69 Å². The van der Waals surface area contributed by atoms with Crippen molar-refractivity contribution >= 4 is 11.8 Å². The van der Waals surface area contributed by atoms with Crippen molar-refractivity contribution in [2.45, 2.75) is 38.9 Å². The zero-order chi connectivity index (χ0) is 17.0. The molecule has 1 aliphatic rings. The lowest BCUT2D eigenvalue weighted by atomic mass is 9.95. The van der Waals surface area contributed by atoms with Crippen LogP contribution in [0.4, 0.5) is 5.69 Å². The van der Waals surface area contributed by atoms with Gasteiger partial charge in [0.25, 0.3) is 0 Å². The van der Waals surface area contributed by atoms with Crippen LogP contribution >= 0.6 is 0 Å². The Kier molecular flexibility index (Phi) is 4.57. The van der Waals surface area contributed by atoms with E-state index < -0.39 is 0 Å². The molecular weight excluding hydrogens is 298 g/mol. The van der Waals surface area contributed by atoms with Crippen LogP contribution in [0.25, 0.3) is 10.9 Å². The molecule has 3 rings (SSSR count). The molecule has 0 saturated heterocycles. The van der Waals surface area contributed by atoms with E-state index in [1.807, 2.05) is 42.5 Å². The third-order valence-corrected chi connectivity index (χ3v) is 4.16. The summed E-state index contributed by atoms with van der Waals surface area (Å²) >= 11 is 0. The Balaban J connectivity index is 1.68. The largest absolute Gasteiger partial charge is 0.489 e. The molecule has 0 aromatic heterocycles. The standard InChI is InChI=1S/C21H21NO2/c1-4-12-21(2)13-11-17-14-19(9-10-20(17)24-21)23-15-16-5-7-18(22-3)8-6-16/h5-11,13-14H,4,12,15H2,1-2H3. The zero-order valence-electron chi connectivity index (χ0n) is 14.1. The molecule has 0 aliphatic carbocycles. The second kappa shape index (κ2) is 6.80. The summed E-state index contributed by atoms with van der Waals surface area (Å²) < 4.78 is 12.0. The van der Waals surface area contributed by atoms with E-state index in [2.05, 4.69) is 30.8 Å². The first-order chi connectivity index (χ1) is 11.6. The molecule has 0 spiro atoms. The minimum absolute atomic E-state index is 0.214. The summed E-state index contributed by atoms with van der Waals surface area (Å²) in [5.74, 6) is 1.72. The minimum Gasteiger partial charge on any atom is -0.489 e. The first kappa shape index (κ1) is 16.1. The molecule has 0 radical (unpaired) electrons. The second-order valence-corrected chi connectivity index (χ2v) is 6.26. The van der Waals surface area contributed by atoms with Crippen LogP contribution in [-0.4, -0.2) is 5.60 Å². The number of hydrogen-bond acceptors (Lipinski definition) is 2. The van der Waals surface area contributed by atoms with Gasteiger partial charge in [0.2, 0.25) is 0 Å². The van der Waals surface area contributed by atoms with Gasteiger partial charge in [-0.25, -0.2) is 4.85 Å². The Bertz CT molecular complexity index is 786. The van der Waals surface area contributed by atoms with Crippen LogP contribution in [0.5, 0.6) is 11.5 Å². The molecule has 3 nitrogen and oxygen atoms in total. The van der Waals surface area contributed by atoms with E-state index in [4.69, 9.17) is 16.0 Å². The summed E-state index contributed by atoms with van der Waals surface area (Å²) in [6.45, 7) is 11.7. The molecule has 1 unspecified atom stereocenters. The maximum atomic E-state index is 6.97. The molecule has 1 atom stereocenters. The van der Waals surface area contributed by atoms with Crippen LogP contribution in [0.1, 0.15) is 37.8 Å². The Morgan fingerprint density at radius 3 is 2.67 bits per heavy atom. The molecule has 2 aromatic carbocycles. The van der Waals surface area contributed by atoms with E-state index in [1.54, 1.807) is 0 Å². The van der Waals surface area contributed by atoms with Gasteiger partial charge in [-0.05, 0) is 43.2 Å². The molecule has 1 aliphatic heterocycles. The lowest BCUT2D eigenvalue weighted by Crippen LogP contribution is -2.31. The Labute approximate surface area is 143 Å². The Morgan fingerprint density at radius 1 is 1.17 bits per heavy atom. The first-order valence-electron chi connectivity index (χ1n) is 8.23. The quantitative estimate of drug-likeness (QED) is 0.652. The van der Waals surface area contributed by atoms with Crippen molar-refractivity contribution in [2.24, 2.45) is 0 Å². The summed E-state index contributed by atoms with van der Waals surface area (Å²) in [5.41, 5.74) is 2.52. The molecule has 2 aromatic rings. The Morgan fingerprint density at radius 2 is 1.96 bits per heavy atom. The van der Waals surface area contributed by atoms with Gasteiger partial charge in [0.1, 0.15) is 23.7 Å². The number of hydrogen-bond donors (Lipinski definition) is 0. The van der Waals surface area contributed by atoms with Crippen molar-refractivity contribution in [1.82, 2.24) is 0 Å². The molecule has 0 N–H and O–H groups in total. The van der Waals surface area contributed by atoms with Gasteiger partial charge in [0, 0.05) is 5.56 Å². The highest BCUT2D eigenvalue weighted by molar-refractivity contribution is 5.62. The van der Waals surface area contributed by atoms with Gasteiger partial charge in [-0.3, -0.25) is 0 Å². The third-order valence-electron chi connectivity index (χ3n) is 4.16. The van der Waals surface area contributed by atoms with E-state index in [0.29, 0.717) is 12.3 Å². The van der Waals surface area contributed by atoms with Gasteiger partial charge in [-0.2, -0.15) is 0 Å². The van der Waals surface area contributed by atoms with Crippen LogP contribution in [0.3, 0.4) is 0 Å². The molecule has 122 valence electrons. The van der Waals surface area contributed by atoms with Gasteiger partial charge in [-0.15, -0.1) is 0 Å². The molecule has 1 heterocycles. The van der Waals surface area contributed by atoms with E-state index in [1.165, 1.54) is 0 Å². The molecule has 0 fully saturated rings. The molecule has 0 bridgehead atoms. The Hall–Kier alpha value is -2.73. The lowest BCUT2D eigenvalue weighted by Gasteiger charge is -2.31. The summed E-state index contributed by atoms with van der Waals surface area (Å²) in [7, 11) is 0. The number of nitrogens with zero attached hydrogens (tertiary/aromatic N) is 1. The van der Waals surface area contributed by atoms with Gasteiger partial charge < -0.3 is 9.47 Å². The van der Waals surface area contributed by atoms with Crippen LogP contribution in [0.2, 0.25) is 0 Å². The van der Waals surface area contributed by atoms with Crippen molar-refractivity contribution in [2.75, 3.05) is 0 Å². The van der Waals surface area contributed by atoms with Crippen LogP contribution < -0.4 is 9.47 Å². The van der Waals surface area contributed by atoms with E-state index in [0.717, 1.165) is 35.5 Å². The molecule has 3 heteroatoms. The molecule has 0 saturated carbocycles. The van der Waals surface area contributed by atoms with Crippen molar-refractivity contribution in [3.63, 3.8) is 0 Å². The topological polar surface area (TPSA) is 22.8 Å². The highest BCUT2D eigenvalue weighted by Crippen LogP contribution is 2.35. The van der Waals surface area contributed by atoms with Crippen molar-refractivity contribution in [3.05, 3.63) is 71.1 Å². The summed E-state index contributed by atoms with van der Waals surface area (Å²) in [5, 5.41) is 0. The highest BCUT2D eigenvalue weighted by Gasteiger charge is 2.26. The van der Waals surface area contributed by atoms with Crippen LogP contribution in [0, 0.1) is 6.57 Å². The summed E-state index contributed by atoms with van der Waals surface area (Å²) in [6, 6.07) is 13.4. The molecular formula is C21H21NO2. The monoisotopic (exact) mass is 319 g/mol. The normalized spacial score (nSPS) is 18.4. The molecule has 24 heavy (non-hydrogen) atoms. The minimum atomic E-state index is -0.214. The summed E-state index contributed by atoms with van der Waals surface area (Å²) in [6.07, 6.45) is 6.34. The molecule has 0 amide bonds. The fraction of sp³-hybridized carbons (Fsp3) is 0.286. The van der Waals surface area contributed by atoms with Crippen molar-refractivity contribution in [1.29, 1.82) is 0 Å². The predicted molar refractivity (Wildman–Crippen MR) is 96.5 cm³/mol. The van der Waals surface area contributed by atoms with E-state index in [9.17, 15) is 0 Å². The smallest absolute Gasteiger partial charge is 0.187 e. The van der Waals surface area contributed by atoms with Gasteiger partial charge >= 0.3 is 0 Å². The fourth-order valence-electron chi connectivity index (χ4n) is 2.85. The maximum Gasteiger partial charge on any atom is 0.187 e. The van der Waals surface area contributed by atoms with Crippen LogP contribution in [-0.2, 0) is 6.61 Å². The number of benzene rings is 2. The average molecular weight is 319 g/mol. The number of rotatable bonds is 5. The SMILES string of the molecule is [C-]#[N+]c1ccc(COc2ccc3c(c2)C=CC(C)(CCC)O3)cc1. The van der Waals surface area contributed by atoms with Crippen molar-refractivity contribution < 1.29 is 9.47 Å². The predicted octanol–water partition coefficient (Wildman–Crippen LogP) is 5.78. The second-order valence-electron chi connectivity index (χ2n) is 6.26. The highest BCUT2D eigenvalue weighted by atomic mass is 16.5.